The average molecular weight is 374 g/mol. The molecular weight excluding hydrogens is 362 g/mol. The molecule has 2 aromatic rings. The maximum atomic E-state index is 12.3. The van der Waals surface area contributed by atoms with Gasteiger partial charge in [-0.2, -0.15) is 5.10 Å². The number of carbonyl (C=O) groups is 1. The second-order valence-electron chi connectivity index (χ2n) is 4.14. The molecule has 0 saturated carbocycles. The molecule has 2 rings (SSSR count). The number of aromatic nitrogens is 2. The van der Waals surface area contributed by atoms with E-state index in [-0.39, 0.29) is 14.9 Å². The lowest BCUT2D eigenvalue weighted by atomic mass is 10.2. The molecule has 0 radical (unpaired) electrons. The lowest BCUT2D eigenvalue weighted by Gasteiger charge is -2.08. The van der Waals surface area contributed by atoms with Gasteiger partial charge in [0.2, 0.25) is 0 Å². The summed E-state index contributed by atoms with van der Waals surface area (Å²) in [6, 6.07) is 3.80. The number of aryl methyl sites for hydroxylation is 1. The molecule has 0 saturated heterocycles. The number of aromatic carboxylic acids is 1. The van der Waals surface area contributed by atoms with Gasteiger partial charge < -0.3 is 5.11 Å². The van der Waals surface area contributed by atoms with Crippen LogP contribution in [0.4, 0.5) is 5.69 Å². The van der Waals surface area contributed by atoms with Gasteiger partial charge in [-0.3, -0.25) is 9.40 Å². The summed E-state index contributed by atoms with van der Waals surface area (Å²) in [5.74, 6) is -1.20. The molecule has 21 heavy (non-hydrogen) atoms. The van der Waals surface area contributed by atoms with Crippen molar-refractivity contribution in [3.05, 3.63) is 40.6 Å². The summed E-state index contributed by atoms with van der Waals surface area (Å²) in [5.41, 5.74) is 0.201. The number of hydrogen-bond acceptors (Lipinski definition) is 4. The Morgan fingerprint density at radius 3 is 2.76 bits per heavy atom. The van der Waals surface area contributed by atoms with Gasteiger partial charge in [0.15, 0.2) is 0 Å². The van der Waals surface area contributed by atoms with E-state index in [0.29, 0.717) is 12.2 Å². The topological polar surface area (TPSA) is 101 Å². The minimum Gasteiger partial charge on any atom is -0.478 e. The Morgan fingerprint density at radius 2 is 2.19 bits per heavy atom. The first-order chi connectivity index (χ1) is 9.83. The van der Waals surface area contributed by atoms with Crippen LogP contribution < -0.4 is 4.72 Å². The van der Waals surface area contributed by atoms with Gasteiger partial charge in [-0.15, -0.1) is 0 Å². The van der Waals surface area contributed by atoms with Crippen LogP contribution in [0.15, 0.2) is 40.0 Å². The standard InChI is InChI=1S/C12H12BrN3O4S/c1-2-16-7-9(6-14-16)15-21(19,20)11-5-8(12(17)18)3-4-10(11)13/h3-7,15H,2H2,1H3,(H,17,18). The molecule has 0 aliphatic heterocycles. The first-order valence-electron chi connectivity index (χ1n) is 5.91. The van der Waals surface area contributed by atoms with E-state index >= 15 is 0 Å². The van der Waals surface area contributed by atoms with E-state index in [4.69, 9.17) is 5.11 Å². The molecule has 0 spiro atoms. The second kappa shape index (κ2) is 5.86. The van der Waals surface area contributed by atoms with E-state index in [9.17, 15) is 13.2 Å². The van der Waals surface area contributed by atoms with Crippen molar-refractivity contribution in [2.75, 3.05) is 4.72 Å². The van der Waals surface area contributed by atoms with Crippen LogP contribution in [-0.4, -0.2) is 29.3 Å². The third-order valence-electron chi connectivity index (χ3n) is 2.68. The zero-order chi connectivity index (χ0) is 15.6. The molecule has 0 aliphatic carbocycles. The molecule has 1 aromatic carbocycles. The number of nitrogens with zero attached hydrogens (tertiary/aromatic N) is 2. The van der Waals surface area contributed by atoms with Gasteiger partial charge in [-0.05, 0) is 41.1 Å². The molecule has 1 heterocycles. The predicted octanol–water partition coefficient (Wildman–Crippen LogP) is 2.16. The highest BCUT2D eigenvalue weighted by atomic mass is 79.9. The van der Waals surface area contributed by atoms with E-state index in [2.05, 4.69) is 25.8 Å². The van der Waals surface area contributed by atoms with Crippen LogP contribution in [0.5, 0.6) is 0 Å². The number of rotatable bonds is 5. The van der Waals surface area contributed by atoms with Gasteiger partial charge in [0.1, 0.15) is 4.90 Å². The third-order valence-corrected chi connectivity index (χ3v) is 5.05. The number of benzene rings is 1. The van der Waals surface area contributed by atoms with Crippen LogP contribution in [0.25, 0.3) is 0 Å². The van der Waals surface area contributed by atoms with Crippen molar-refractivity contribution in [2.24, 2.45) is 0 Å². The molecular formula is C12H12BrN3O4S. The van der Waals surface area contributed by atoms with Crippen molar-refractivity contribution in [1.29, 1.82) is 0 Å². The Morgan fingerprint density at radius 1 is 1.48 bits per heavy atom. The van der Waals surface area contributed by atoms with Crippen LogP contribution in [0.3, 0.4) is 0 Å². The largest absolute Gasteiger partial charge is 0.478 e. The van der Waals surface area contributed by atoms with Gasteiger partial charge in [0, 0.05) is 17.2 Å². The van der Waals surface area contributed by atoms with Gasteiger partial charge >= 0.3 is 5.97 Å². The quantitative estimate of drug-likeness (QED) is 0.835. The van der Waals surface area contributed by atoms with Crippen LogP contribution in [0, 0.1) is 0 Å². The zero-order valence-electron chi connectivity index (χ0n) is 10.9. The number of nitrogens with one attached hydrogen (secondary N) is 1. The maximum absolute atomic E-state index is 12.3. The number of carboxylic acid groups (broad SMARTS) is 1. The highest BCUT2D eigenvalue weighted by Gasteiger charge is 2.20. The van der Waals surface area contributed by atoms with Crippen LogP contribution in [0.2, 0.25) is 0 Å². The highest BCUT2D eigenvalue weighted by molar-refractivity contribution is 9.10. The fraction of sp³-hybridized carbons (Fsp3) is 0.167. The van der Waals surface area contributed by atoms with Gasteiger partial charge in [-0.25, -0.2) is 13.2 Å². The highest BCUT2D eigenvalue weighted by Crippen LogP contribution is 2.25. The summed E-state index contributed by atoms with van der Waals surface area (Å²) >= 11 is 3.11. The summed E-state index contributed by atoms with van der Waals surface area (Å²) in [7, 11) is -3.91. The molecule has 0 fully saturated rings. The van der Waals surface area contributed by atoms with E-state index in [0.717, 1.165) is 6.07 Å². The normalized spacial score (nSPS) is 11.3. The van der Waals surface area contributed by atoms with Gasteiger partial charge in [-0.1, -0.05) is 0 Å². The number of halogens is 1. The van der Waals surface area contributed by atoms with Crippen molar-refractivity contribution in [3.8, 4) is 0 Å². The van der Waals surface area contributed by atoms with Crippen molar-refractivity contribution < 1.29 is 18.3 Å². The predicted molar refractivity (Wildman–Crippen MR) is 79.8 cm³/mol. The molecule has 0 amide bonds. The number of carboxylic acids is 1. The van der Waals surface area contributed by atoms with Crippen molar-refractivity contribution >= 4 is 37.6 Å². The van der Waals surface area contributed by atoms with Crippen molar-refractivity contribution in [1.82, 2.24) is 9.78 Å². The Labute approximate surface area is 129 Å². The summed E-state index contributed by atoms with van der Waals surface area (Å²) in [6.07, 6.45) is 2.93. The summed E-state index contributed by atoms with van der Waals surface area (Å²) in [4.78, 5) is 10.8. The van der Waals surface area contributed by atoms with Gasteiger partial charge in [0.25, 0.3) is 10.0 Å². The molecule has 0 bridgehead atoms. The molecule has 1 aromatic heterocycles. The smallest absolute Gasteiger partial charge is 0.335 e. The van der Waals surface area contributed by atoms with Crippen molar-refractivity contribution in [2.45, 2.75) is 18.4 Å². The van der Waals surface area contributed by atoms with Crippen LogP contribution in [-0.2, 0) is 16.6 Å². The first-order valence-corrected chi connectivity index (χ1v) is 8.19. The van der Waals surface area contributed by atoms with E-state index in [1.54, 1.807) is 10.9 Å². The lowest BCUT2D eigenvalue weighted by Crippen LogP contribution is -2.14. The van der Waals surface area contributed by atoms with E-state index in [1.165, 1.54) is 18.3 Å². The summed E-state index contributed by atoms with van der Waals surface area (Å²) in [6.45, 7) is 2.48. The van der Waals surface area contributed by atoms with Crippen LogP contribution >= 0.6 is 15.9 Å². The number of hydrogen-bond donors (Lipinski definition) is 2. The van der Waals surface area contributed by atoms with Crippen molar-refractivity contribution in [3.63, 3.8) is 0 Å². The molecule has 0 aliphatic rings. The van der Waals surface area contributed by atoms with Gasteiger partial charge in [0.05, 0.1) is 17.4 Å². The molecule has 2 N–H and O–H groups in total. The Hall–Kier alpha value is -1.87. The van der Waals surface area contributed by atoms with E-state index in [1.807, 2.05) is 6.92 Å². The minimum atomic E-state index is -3.91. The molecule has 0 atom stereocenters. The number of sulfonamides is 1. The Bertz CT molecular complexity index is 786. The third kappa shape index (κ3) is 3.42. The fourth-order valence-electron chi connectivity index (χ4n) is 1.64. The monoisotopic (exact) mass is 373 g/mol. The average Bonchev–Trinajstić information content (AvgIpc) is 2.85. The molecule has 112 valence electrons. The molecule has 0 unspecified atom stereocenters. The Kier molecular flexibility index (Phi) is 4.33. The molecule has 9 heteroatoms. The van der Waals surface area contributed by atoms with Crippen LogP contribution in [0.1, 0.15) is 17.3 Å². The molecule has 7 nitrogen and oxygen atoms in total. The maximum Gasteiger partial charge on any atom is 0.335 e. The first kappa shape index (κ1) is 15.5. The summed E-state index contributed by atoms with van der Waals surface area (Å²) < 4.78 is 28.9. The Balaban J connectivity index is 2.39. The summed E-state index contributed by atoms with van der Waals surface area (Å²) in [5, 5.41) is 12.9. The number of anilines is 1. The minimum absolute atomic E-state index is 0.108. The second-order valence-corrected chi connectivity index (χ2v) is 6.65. The SMILES string of the molecule is CCn1cc(NS(=O)(=O)c2cc(C(=O)O)ccc2Br)cn1. The lowest BCUT2D eigenvalue weighted by molar-refractivity contribution is 0.0696. The fourth-order valence-corrected chi connectivity index (χ4v) is 3.66. The van der Waals surface area contributed by atoms with E-state index < -0.39 is 16.0 Å². The zero-order valence-corrected chi connectivity index (χ0v) is 13.3.